The van der Waals surface area contributed by atoms with Crippen LogP contribution in [0.15, 0.2) is 11.6 Å². The summed E-state index contributed by atoms with van der Waals surface area (Å²) in [5, 5.41) is 15.0. The highest BCUT2D eigenvalue weighted by Gasteiger charge is 1.93. The molecule has 0 bridgehead atoms. The van der Waals surface area contributed by atoms with E-state index in [1.807, 2.05) is 6.08 Å². The lowest BCUT2D eigenvalue weighted by Crippen LogP contribution is -2.11. The first-order valence-corrected chi connectivity index (χ1v) is 4.74. The SMILES string of the molecule is CCCC/C=C(\C)C(N)=O.O=C(O)CO. The lowest BCUT2D eigenvalue weighted by Gasteiger charge is -1.92. The number of unbranched alkanes of at least 4 members (excludes halogenated alkanes) is 2. The molecule has 4 N–H and O–H groups in total. The molecular weight excluding hydrogens is 198 g/mol. The number of rotatable bonds is 5. The van der Waals surface area contributed by atoms with E-state index in [0.717, 1.165) is 19.3 Å². The monoisotopic (exact) mass is 217 g/mol. The van der Waals surface area contributed by atoms with Gasteiger partial charge in [-0.25, -0.2) is 4.79 Å². The Morgan fingerprint density at radius 1 is 1.40 bits per heavy atom. The predicted molar refractivity (Wildman–Crippen MR) is 57.2 cm³/mol. The second kappa shape index (κ2) is 10.7. The Labute approximate surface area is 89.6 Å². The van der Waals surface area contributed by atoms with Crippen molar-refractivity contribution in [2.75, 3.05) is 6.61 Å². The number of hydrogen-bond donors (Lipinski definition) is 3. The maximum Gasteiger partial charge on any atom is 0.329 e. The third-order valence-electron chi connectivity index (χ3n) is 1.53. The molecule has 0 aromatic rings. The van der Waals surface area contributed by atoms with Gasteiger partial charge in [-0.15, -0.1) is 0 Å². The number of carboxylic acids is 1. The Kier molecular flexibility index (Phi) is 11.5. The molecule has 5 heteroatoms. The van der Waals surface area contributed by atoms with Gasteiger partial charge >= 0.3 is 5.97 Å². The summed E-state index contributed by atoms with van der Waals surface area (Å²) in [5.41, 5.74) is 5.69. The average Bonchev–Trinajstić information content (AvgIpc) is 2.18. The van der Waals surface area contributed by atoms with Crippen LogP contribution < -0.4 is 5.73 Å². The molecule has 0 aliphatic carbocycles. The number of hydrogen-bond acceptors (Lipinski definition) is 3. The van der Waals surface area contributed by atoms with Crippen LogP contribution in [0.25, 0.3) is 0 Å². The minimum absolute atomic E-state index is 0.309. The maximum atomic E-state index is 10.4. The van der Waals surface area contributed by atoms with Crippen molar-refractivity contribution < 1.29 is 19.8 Å². The third-order valence-corrected chi connectivity index (χ3v) is 1.53. The third kappa shape index (κ3) is 15.4. The molecule has 0 fully saturated rings. The van der Waals surface area contributed by atoms with E-state index in [2.05, 4.69) is 6.92 Å². The van der Waals surface area contributed by atoms with Gasteiger partial charge in [0.05, 0.1) is 0 Å². The summed E-state index contributed by atoms with van der Waals surface area (Å²) in [6, 6.07) is 0. The van der Waals surface area contributed by atoms with Gasteiger partial charge in [-0.3, -0.25) is 4.79 Å². The van der Waals surface area contributed by atoms with E-state index in [9.17, 15) is 4.79 Å². The highest BCUT2D eigenvalue weighted by Crippen LogP contribution is 1.99. The fraction of sp³-hybridized carbons (Fsp3) is 0.600. The summed E-state index contributed by atoms with van der Waals surface area (Å²) < 4.78 is 0. The van der Waals surface area contributed by atoms with Crippen molar-refractivity contribution >= 4 is 11.9 Å². The summed E-state index contributed by atoms with van der Waals surface area (Å²) in [6.45, 7) is 3.09. The van der Waals surface area contributed by atoms with Gasteiger partial charge in [0.2, 0.25) is 5.91 Å². The molecule has 0 atom stereocenters. The van der Waals surface area contributed by atoms with Gasteiger partial charge in [-0.1, -0.05) is 25.8 Å². The largest absolute Gasteiger partial charge is 0.480 e. The first kappa shape index (κ1) is 16.1. The second-order valence-corrected chi connectivity index (χ2v) is 2.95. The molecule has 0 unspecified atom stereocenters. The molecular formula is C10H19NO4. The summed E-state index contributed by atoms with van der Waals surface area (Å²) >= 11 is 0. The van der Waals surface area contributed by atoms with Crippen LogP contribution in [0.1, 0.15) is 33.1 Å². The van der Waals surface area contributed by atoms with Crippen molar-refractivity contribution in [2.45, 2.75) is 33.1 Å². The number of carbonyl (C=O) groups excluding carboxylic acids is 1. The summed E-state index contributed by atoms with van der Waals surface area (Å²) in [5.74, 6) is -1.50. The topological polar surface area (TPSA) is 101 Å². The summed E-state index contributed by atoms with van der Waals surface area (Å²) in [6.07, 6.45) is 5.14. The summed E-state index contributed by atoms with van der Waals surface area (Å²) in [4.78, 5) is 19.6. The molecule has 0 rings (SSSR count). The second-order valence-electron chi connectivity index (χ2n) is 2.95. The number of allylic oxidation sites excluding steroid dienone is 1. The quantitative estimate of drug-likeness (QED) is 0.465. The van der Waals surface area contributed by atoms with Crippen molar-refractivity contribution in [1.29, 1.82) is 0 Å². The molecule has 5 nitrogen and oxygen atoms in total. The molecule has 15 heavy (non-hydrogen) atoms. The van der Waals surface area contributed by atoms with Crippen LogP contribution >= 0.6 is 0 Å². The zero-order valence-corrected chi connectivity index (χ0v) is 9.19. The predicted octanol–water partition coefficient (Wildman–Crippen LogP) is 0.671. The fourth-order valence-corrected chi connectivity index (χ4v) is 0.623. The lowest BCUT2D eigenvalue weighted by atomic mass is 10.2. The Hall–Kier alpha value is -1.36. The zero-order valence-electron chi connectivity index (χ0n) is 9.19. The Balaban J connectivity index is 0. The number of aliphatic hydroxyl groups excluding tert-OH is 1. The van der Waals surface area contributed by atoms with Crippen LogP contribution in [0.3, 0.4) is 0 Å². The molecule has 1 amide bonds. The first-order valence-electron chi connectivity index (χ1n) is 4.74. The normalized spacial score (nSPS) is 10.2. The number of nitrogens with two attached hydrogens (primary N) is 1. The van der Waals surface area contributed by atoms with E-state index in [0.29, 0.717) is 5.57 Å². The van der Waals surface area contributed by atoms with E-state index in [1.54, 1.807) is 6.92 Å². The molecule has 0 saturated carbocycles. The molecule has 0 aliphatic rings. The van der Waals surface area contributed by atoms with E-state index < -0.39 is 12.6 Å². The minimum Gasteiger partial charge on any atom is -0.480 e. The average molecular weight is 217 g/mol. The zero-order chi connectivity index (χ0) is 12.3. The van der Waals surface area contributed by atoms with Crippen molar-refractivity contribution in [3.05, 3.63) is 11.6 Å². The lowest BCUT2D eigenvalue weighted by molar-refractivity contribution is -0.140. The van der Waals surface area contributed by atoms with Crippen molar-refractivity contribution in [3.8, 4) is 0 Å². The van der Waals surface area contributed by atoms with Crippen molar-refractivity contribution in [2.24, 2.45) is 5.73 Å². The number of amides is 1. The molecule has 0 aromatic heterocycles. The Morgan fingerprint density at radius 2 is 1.87 bits per heavy atom. The van der Waals surface area contributed by atoms with Gasteiger partial charge in [0.1, 0.15) is 6.61 Å². The molecule has 0 aromatic carbocycles. The van der Waals surface area contributed by atoms with Gasteiger partial charge in [0.15, 0.2) is 0 Å². The van der Waals surface area contributed by atoms with Crippen LogP contribution in [0.4, 0.5) is 0 Å². The fourth-order valence-electron chi connectivity index (χ4n) is 0.623. The first-order chi connectivity index (χ1) is 6.95. The van der Waals surface area contributed by atoms with Gasteiger partial charge < -0.3 is 15.9 Å². The van der Waals surface area contributed by atoms with Crippen molar-refractivity contribution in [3.63, 3.8) is 0 Å². The van der Waals surface area contributed by atoms with E-state index in [-0.39, 0.29) is 5.91 Å². The minimum atomic E-state index is -1.19. The van der Waals surface area contributed by atoms with Crippen LogP contribution in [-0.4, -0.2) is 28.7 Å². The molecule has 0 spiro atoms. The molecule has 0 radical (unpaired) electrons. The highest BCUT2D eigenvalue weighted by molar-refractivity contribution is 5.91. The number of carboxylic acid groups (broad SMARTS) is 1. The smallest absolute Gasteiger partial charge is 0.329 e. The standard InChI is InChI=1S/C8H15NO.C2H4O3/c1-3-4-5-6-7(2)8(9)10;3-1-2(4)5/h6H,3-5H2,1-2H3,(H2,9,10);3H,1H2,(H,4,5)/b7-6+;. The maximum absolute atomic E-state index is 10.4. The number of aliphatic carboxylic acids is 1. The molecule has 0 aliphatic heterocycles. The van der Waals surface area contributed by atoms with Crippen LogP contribution in [0.2, 0.25) is 0 Å². The number of primary amides is 1. The Morgan fingerprint density at radius 3 is 2.13 bits per heavy atom. The van der Waals surface area contributed by atoms with Crippen LogP contribution in [0, 0.1) is 0 Å². The van der Waals surface area contributed by atoms with Gasteiger partial charge in [-0.05, 0) is 13.3 Å². The van der Waals surface area contributed by atoms with E-state index in [1.165, 1.54) is 0 Å². The Bertz CT molecular complexity index is 223. The van der Waals surface area contributed by atoms with Crippen molar-refractivity contribution in [1.82, 2.24) is 0 Å². The van der Waals surface area contributed by atoms with Gasteiger partial charge in [-0.2, -0.15) is 0 Å². The van der Waals surface area contributed by atoms with Crippen LogP contribution in [-0.2, 0) is 9.59 Å². The van der Waals surface area contributed by atoms with E-state index >= 15 is 0 Å². The number of carbonyl (C=O) groups is 2. The van der Waals surface area contributed by atoms with Gasteiger partial charge in [0, 0.05) is 5.57 Å². The summed E-state index contributed by atoms with van der Waals surface area (Å²) in [7, 11) is 0. The van der Waals surface area contributed by atoms with Crippen LogP contribution in [0.5, 0.6) is 0 Å². The molecule has 0 heterocycles. The van der Waals surface area contributed by atoms with E-state index in [4.69, 9.17) is 20.7 Å². The van der Waals surface area contributed by atoms with Gasteiger partial charge in [0.25, 0.3) is 0 Å². The highest BCUT2D eigenvalue weighted by atomic mass is 16.4. The number of aliphatic hydroxyl groups is 1. The molecule has 0 saturated heterocycles. The molecule has 88 valence electrons.